The van der Waals surface area contributed by atoms with Crippen molar-refractivity contribution in [2.24, 2.45) is 0 Å². The zero-order chi connectivity index (χ0) is 19.0. The molecule has 134 valence electrons. The van der Waals surface area contributed by atoms with E-state index in [-0.39, 0.29) is 16.6 Å². The van der Waals surface area contributed by atoms with Crippen molar-refractivity contribution >= 4 is 23.3 Å². The average molecular weight is 376 g/mol. The lowest BCUT2D eigenvalue weighted by molar-refractivity contribution is 0.365. The minimum absolute atomic E-state index is 0.0514. The molecule has 6 nitrogen and oxygen atoms in total. The van der Waals surface area contributed by atoms with Crippen LogP contribution in [-0.2, 0) is 0 Å². The van der Waals surface area contributed by atoms with Gasteiger partial charge in [0.25, 0.3) is 0 Å². The van der Waals surface area contributed by atoms with Gasteiger partial charge in [-0.25, -0.2) is 0 Å². The molecule has 1 aliphatic rings. The standard InChI is InChI=1S/C20H16N4O2S/c1-25-14-9-5-8-12-17(14)26-20-15(16(22)13(10-21)19(23)24-20)18(12)27-11-6-3-2-4-7-11/h2-9,18H,1H3,(H4,22,23,24). The number of aromatic nitrogens is 1. The molecular formula is C20H16N4O2S. The maximum absolute atomic E-state index is 9.44. The van der Waals surface area contributed by atoms with Gasteiger partial charge in [0.1, 0.15) is 17.5 Å². The lowest BCUT2D eigenvalue weighted by Crippen LogP contribution is -2.15. The number of nitrogens with zero attached hydrogens (tertiary/aromatic N) is 2. The molecule has 3 aromatic rings. The van der Waals surface area contributed by atoms with Crippen molar-refractivity contribution in [2.45, 2.75) is 10.1 Å². The van der Waals surface area contributed by atoms with Crippen LogP contribution in [0.25, 0.3) is 0 Å². The van der Waals surface area contributed by atoms with E-state index in [2.05, 4.69) is 4.98 Å². The Bertz CT molecular complexity index is 1060. The molecule has 4 rings (SSSR count). The summed E-state index contributed by atoms with van der Waals surface area (Å²) in [6.07, 6.45) is 0. The largest absolute Gasteiger partial charge is 0.493 e. The zero-order valence-corrected chi connectivity index (χ0v) is 15.3. The highest BCUT2D eigenvalue weighted by Crippen LogP contribution is 2.55. The van der Waals surface area contributed by atoms with Crippen LogP contribution in [0.4, 0.5) is 11.5 Å². The minimum atomic E-state index is -0.221. The normalized spacial score (nSPS) is 14.4. The van der Waals surface area contributed by atoms with Gasteiger partial charge in [0.15, 0.2) is 11.5 Å². The van der Waals surface area contributed by atoms with Gasteiger partial charge in [-0.2, -0.15) is 10.2 Å². The number of fused-ring (bicyclic) bond motifs is 2. The van der Waals surface area contributed by atoms with Crippen LogP contribution in [0.15, 0.2) is 53.4 Å². The Kier molecular flexibility index (Phi) is 4.26. The van der Waals surface area contributed by atoms with Gasteiger partial charge in [-0.05, 0) is 18.2 Å². The van der Waals surface area contributed by atoms with Gasteiger partial charge in [-0.3, -0.25) is 0 Å². The highest BCUT2D eigenvalue weighted by atomic mass is 32.2. The van der Waals surface area contributed by atoms with Gasteiger partial charge in [-0.15, -0.1) is 11.8 Å². The number of para-hydroxylation sites is 1. The molecule has 0 aliphatic carbocycles. The van der Waals surface area contributed by atoms with Crippen molar-refractivity contribution in [2.75, 3.05) is 18.6 Å². The number of pyridine rings is 1. The van der Waals surface area contributed by atoms with Gasteiger partial charge >= 0.3 is 0 Å². The van der Waals surface area contributed by atoms with Gasteiger partial charge in [-0.1, -0.05) is 30.3 Å². The lowest BCUT2D eigenvalue weighted by Gasteiger charge is -2.29. The Hall–Kier alpha value is -3.37. The molecule has 7 heteroatoms. The molecule has 1 unspecified atom stereocenters. The number of thioether (sulfide) groups is 1. The van der Waals surface area contributed by atoms with Crippen LogP contribution in [0.3, 0.4) is 0 Å². The number of rotatable bonds is 3. The maximum atomic E-state index is 9.44. The number of hydrogen-bond acceptors (Lipinski definition) is 7. The predicted octanol–water partition coefficient (Wildman–Crippen LogP) is 4.11. The summed E-state index contributed by atoms with van der Waals surface area (Å²) in [6, 6.07) is 17.7. The molecule has 0 radical (unpaired) electrons. The van der Waals surface area contributed by atoms with Crippen LogP contribution in [0.2, 0.25) is 0 Å². The average Bonchev–Trinajstić information content (AvgIpc) is 2.68. The summed E-state index contributed by atoms with van der Waals surface area (Å²) in [4.78, 5) is 5.35. The van der Waals surface area contributed by atoms with E-state index < -0.39 is 0 Å². The molecule has 4 N–H and O–H groups in total. The van der Waals surface area contributed by atoms with Crippen molar-refractivity contribution in [1.82, 2.24) is 4.98 Å². The molecule has 27 heavy (non-hydrogen) atoms. The number of anilines is 2. The monoisotopic (exact) mass is 376 g/mol. The first kappa shape index (κ1) is 17.1. The van der Waals surface area contributed by atoms with Crippen molar-refractivity contribution in [1.29, 1.82) is 5.26 Å². The molecule has 2 heterocycles. The van der Waals surface area contributed by atoms with Crippen molar-refractivity contribution in [3.8, 4) is 23.4 Å². The van der Waals surface area contributed by atoms with Crippen LogP contribution in [0.5, 0.6) is 17.4 Å². The number of hydrogen-bond donors (Lipinski definition) is 2. The Labute approximate surface area is 160 Å². The van der Waals surface area contributed by atoms with Gasteiger partial charge < -0.3 is 20.9 Å². The summed E-state index contributed by atoms with van der Waals surface area (Å²) in [5, 5.41) is 9.22. The Balaban J connectivity index is 1.95. The quantitative estimate of drug-likeness (QED) is 0.708. The second kappa shape index (κ2) is 6.74. The van der Waals surface area contributed by atoms with Gasteiger partial charge in [0, 0.05) is 10.5 Å². The maximum Gasteiger partial charge on any atom is 0.228 e. The number of methoxy groups -OCH3 is 1. The predicted molar refractivity (Wildman–Crippen MR) is 105 cm³/mol. The number of nitrogen functional groups attached to an aromatic ring is 2. The molecule has 0 bridgehead atoms. The van der Waals surface area contributed by atoms with Crippen molar-refractivity contribution in [3.63, 3.8) is 0 Å². The SMILES string of the molecule is COc1cccc2c1Oc1nc(N)c(C#N)c(N)c1C2Sc1ccccc1. The Morgan fingerprint density at radius 1 is 1.15 bits per heavy atom. The molecule has 0 amide bonds. The molecular weight excluding hydrogens is 360 g/mol. The smallest absolute Gasteiger partial charge is 0.228 e. The van der Waals surface area contributed by atoms with Crippen LogP contribution >= 0.6 is 11.8 Å². The summed E-state index contributed by atoms with van der Waals surface area (Å²) in [5.74, 6) is 1.53. The molecule has 0 saturated heterocycles. The van der Waals surface area contributed by atoms with E-state index in [4.69, 9.17) is 20.9 Å². The van der Waals surface area contributed by atoms with E-state index in [9.17, 15) is 5.26 Å². The zero-order valence-electron chi connectivity index (χ0n) is 14.5. The minimum Gasteiger partial charge on any atom is -0.493 e. The molecule has 1 atom stereocenters. The highest BCUT2D eigenvalue weighted by molar-refractivity contribution is 7.99. The summed E-state index contributed by atoms with van der Waals surface area (Å²) in [6.45, 7) is 0. The first-order valence-corrected chi connectivity index (χ1v) is 9.07. The third-order valence-electron chi connectivity index (χ3n) is 4.35. The van der Waals surface area contributed by atoms with Crippen LogP contribution < -0.4 is 20.9 Å². The fourth-order valence-corrected chi connectivity index (χ4v) is 4.33. The van der Waals surface area contributed by atoms with Gasteiger partial charge in [0.05, 0.1) is 23.6 Å². The number of nitrogens with two attached hydrogens (primary N) is 2. The van der Waals surface area contributed by atoms with E-state index in [1.807, 2.05) is 54.6 Å². The Morgan fingerprint density at radius 3 is 2.63 bits per heavy atom. The fraction of sp³-hybridized carbons (Fsp3) is 0.100. The van der Waals surface area contributed by atoms with Crippen molar-refractivity contribution in [3.05, 3.63) is 65.2 Å². The molecule has 1 aromatic heterocycles. The van der Waals surface area contributed by atoms with Gasteiger partial charge in [0.2, 0.25) is 5.88 Å². The third-order valence-corrected chi connectivity index (χ3v) is 5.62. The van der Waals surface area contributed by atoms with E-state index in [1.165, 1.54) is 0 Å². The van der Waals surface area contributed by atoms with Crippen LogP contribution in [-0.4, -0.2) is 12.1 Å². The first-order chi connectivity index (χ1) is 13.1. The van der Waals surface area contributed by atoms with Crippen molar-refractivity contribution < 1.29 is 9.47 Å². The summed E-state index contributed by atoms with van der Waals surface area (Å²) < 4.78 is 11.5. The lowest BCUT2D eigenvalue weighted by atomic mass is 9.98. The fourth-order valence-electron chi connectivity index (χ4n) is 3.08. The molecule has 2 aromatic carbocycles. The van der Waals surface area contributed by atoms with Crippen LogP contribution in [0, 0.1) is 11.3 Å². The van der Waals surface area contributed by atoms with Crippen LogP contribution in [0.1, 0.15) is 21.9 Å². The van der Waals surface area contributed by atoms with E-state index >= 15 is 0 Å². The third kappa shape index (κ3) is 2.80. The second-order valence-electron chi connectivity index (χ2n) is 5.91. The van der Waals surface area contributed by atoms with E-state index in [0.717, 1.165) is 10.5 Å². The van der Waals surface area contributed by atoms with E-state index in [1.54, 1.807) is 18.9 Å². The number of ether oxygens (including phenoxy) is 2. The molecule has 1 aliphatic heterocycles. The number of benzene rings is 2. The summed E-state index contributed by atoms with van der Waals surface area (Å²) in [5.41, 5.74) is 14.2. The summed E-state index contributed by atoms with van der Waals surface area (Å²) in [7, 11) is 1.59. The molecule has 0 saturated carbocycles. The summed E-state index contributed by atoms with van der Waals surface area (Å²) >= 11 is 1.60. The molecule has 0 spiro atoms. The highest BCUT2D eigenvalue weighted by Gasteiger charge is 2.35. The molecule has 0 fully saturated rings. The Morgan fingerprint density at radius 2 is 1.93 bits per heavy atom. The second-order valence-corrected chi connectivity index (χ2v) is 7.09. The number of nitriles is 1. The topological polar surface area (TPSA) is 107 Å². The van der Waals surface area contributed by atoms with E-state index in [0.29, 0.717) is 28.6 Å². The first-order valence-electron chi connectivity index (χ1n) is 8.19.